The zero-order valence-electron chi connectivity index (χ0n) is 16.6. The molecule has 2 aromatic carbocycles. The van der Waals surface area contributed by atoms with Gasteiger partial charge in [-0.15, -0.1) is 0 Å². The Labute approximate surface area is 163 Å². The topological polar surface area (TPSA) is 26.3 Å². The van der Waals surface area contributed by atoms with Gasteiger partial charge in [-0.2, -0.15) is 13.2 Å². The molecule has 0 aromatic heterocycles. The summed E-state index contributed by atoms with van der Waals surface area (Å²) in [6.45, 7) is 8.75. The third-order valence-corrected chi connectivity index (χ3v) is 5.76. The number of fused-ring (bicyclic) bond motifs is 1. The Morgan fingerprint density at radius 2 is 1.57 bits per heavy atom. The van der Waals surface area contributed by atoms with Crippen LogP contribution in [-0.2, 0) is 23.6 Å². The van der Waals surface area contributed by atoms with E-state index >= 15 is 0 Å². The summed E-state index contributed by atoms with van der Waals surface area (Å²) in [6, 6.07) is 8.70. The number of ether oxygens (including phenoxy) is 1. The fraction of sp³-hybridized carbons (Fsp3) is 0.435. The van der Waals surface area contributed by atoms with Gasteiger partial charge < -0.3 is 4.74 Å². The Balaban J connectivity index is 1.97. The van der Waals surface area contributed by atoms with Crippen LogP contribution in [0.4, 0.5) is 13.2 Å². The van der Waals surface area contributed by atoms with Crippen LogP contribution in [0.5, 0.6) is 5.75 Å². The first-order chi connectivity index (χ1) is 13.0. The SMILES string of the molecule is CC1(C)CCC(C)(C)c2c1ccc(C=O)c2OCc1ccc(C(F)(F)F)cc1. The van der Waals surface area contributed by atoms with Crippen LogP contribution in [0.15, 0.2) is 36.4 Å². The Morgan fingerprint density at radius 1 is 0.964 bits per heavy atom. The number of aldehydes is 1. The molecule has 0 radical (unpaired) electrons. The quantitative estimate of drug-likeness (QED) is 0.561. The van der Waals surface area contributed by atoms with E-state index in [2.05, 4.69) is 27.7 Å². The van der Waals surface area contributed by atoms with Gasteiger partial charge in [0.2, 0.25) is 0 Å². The van der Waals surface area contributed by atoms with Crippen LogP contribution in [0.25, 0.3) is 0 Å². The lowest BCUT2D eigenvalue weighted by Crippen LogP contribution is -2.34. The van der Waals surface area contributed by atoms with Crippen LogP contribution in [-0.4, -0.2) is 6.29 Å². The first-order valence-electron chi connectivity index (χ1n) is 9.38. The van der Waals surface area contributed by atoms with Gasteiger partial charge in [-0.05, 0) is 53.0 Å². The molecule has 0 unspecified atom stereocenters. The molecular formula is C23H25F3O2. The van der Waals surface area contributed by atoms with Crippen molar-refractivity contribution in [1.29, 1.82) is 0 Å². The van der Waals surface area contributed by atoms with Gasteiger partial charge in [-0.3, -0.25) is 4.79 Å². The number of benzene rings is 2. The minimum atomic E-state index is -4.36. The van der Waals surface area contributed by atoms with Gasteiger partial charge in [-0.1, -0.05) is 45.9 Å². The minimum absolute atomic E-state index is 0.0290. The molecule has 1 aliphatic rings. The van der Waals surface area contributed by atoms with Gasteiger partial charge in [0, 0.05) is 5.56 Å². The van der Waals surface area contributed by atoms with Crippen molar-refractivity contribution >= 4 is 6.29 Å². The molecule has 0 spiro atoms. The molecule has 0 bridgehead atoms. The molecule has 0 fully saturated rings. The molecule has 28 heavy (non-hydrogen) atoms. The van der Waals surface area contributed by atoms with Gasteiger partial charge in [0.1, 0.15) is 12.4 Å². The van der Waals surface area contributed by atoms with Crippen molar-refractivity contribution in [1.82, 2.24) is 0 Å². The number of alkyl halides is 3. The third-order valence-electron chi connectivity index (χ3n) is 5.76. The monoisotopic (exact) mass is 390 g/mol. The number of hydrogen-bond donors (Lipinski definition) is 0. The number of hydrogen-bond acceptors (Lipinski definition) is 2. The third kappa shape index (κ3) is 3.80. The molecular weight excluding hydrogens is 365 g/mol. The van der Waals surface area contributed by atoms with E-state index in [9.17, 15) is 18.0 Å². The van der Waals surface area contributed by atoms with Crippen molar-refractivity contribution < 1.29 is 22.7 Å². The second-order valence-corrected chi connectivity index (χ2v) is 8.78. The van der Waals surface area contributed by atoms with Crippen molar-refractivity contribution in [3.63, 3.8) is 0 Å². The lowest BCUT2D eigenvalue weighted by Gasteiger charge is -2.42. The van der Waals surface area contributed by atoms with Gasteiger partial charge in [0.15, 0.2) is 6.29 Å². The highest BCUT2D eigenvalue weighted by molar-refractivity contribution is 5.81. The maximum atomic E-state index is 12.7. The van der Waals surface area contributed by atoms with Crippen LogP contribution in [0.3, 0.4) is 0 Å². The van der Waals surface area contributed by atoms with Gasteiger partial charge in [0.05, 0.1) is 11.1 Å². The molecule has 1 aliphatic carbocycles. The first-order valence-corrected chi connectivity index (χ1v) is 9.38. The lowest BCUT2D eigenvalue weighted by molar-refractivity contribution is -0.137. The van der Waals surface area contributed by atoms with Crippen molar-refractivity contribution in [3.8, 4) is 5.75 Å². The summed E-state index contributed by atoms with van der Waals surface area (Å²) in [5.41, 5.74) is 2.41. The van der Waals surface area contributed by atoms with E-state index in [0.717, 1.165) is 42.4 Å². The second kappa shape index (κ2) is 6.94. The summed E-state index contributed by atoms with van der Waals surface area (Å²) in [6.07, 6.45) is -1.59. The molecule has 0 N–H and O–H groups in total. The highest BCUT2D eigenvalue weighted by atomic mass is 19.4. The summed E-state index contributed by atoms with van der Waals surface area (Å²) < 4.78 is 44.3. The largest absolute Gasteiger partial charge is 0.488 e. The molecule has 0 atom stereocenters. The minimum Gasteiger partial charge on any atom is -0.488 e. The van der Waals surface area contributed by atoms with Crippen LogP contribution in [0.2, 0.25) is 0 Å². The maximum absolute atomic E-state index is 12.7. The predicted molar refractivity (Wildman–Crippen MR) is 103 cm³/mol. The van der Waals surface area contributed by atoms with E-state index in [4.69, 9.17) is 4.74 Å². The lowest BCUT2D eigenvalue weighted by atomic mass is 9.62. The second-order valence-electron chi connectivity index (χ2n) is 8.78. The van der Waals surface area contributed by atoms with Crippen LogP contribution >= 0.6 is 0 Å². The van der Waals surface area contributed by atoms with E-state index in [-0.39, 0.29) is 17.4 Å². The number of rotatable bonds is 4. The van der Waals surface area contributed by atoms with Crippen molar-refractivity contribution in [3.05, 3.63) is 64.2 Å². The Bertz CT molecular complexity index is 878. The van der Waals surface area contributed by atoms with Crippen LogP contribution < -0.4 is 4.74 Å². The molecule has 0 saturated carbocycles. The van der Waals surface area contributed by atoms with E-state index in [1.54, 1.807) is 6.07 Å². The van der Waals surface area contributed by atoms with Gasteiger partial charge in [0.25, 0.3) is 0 Å². The average Bonchev–Trinajstić information content (AvgIpc) is 2.62. The Morgan fingerprint density at radius 3 is 2.14 bits per heavy atom. The zero-order chi connectivity index (χ0) is 20.7. The molecule has 3 rings (SSSR count). The molecule has 2 aromatic rings. The summed E-state index contributed by atoms with van der Waals surface area (Å²) in [5.74, 6) is 0.546. The summed E-state index contributed by atoms with van der Waals surface area (Å²) in [4.78, 5) is 11.6. The smallest absolute Gasteiger partial charge is 0.416 e. The highest BCUT2D eigenvalue weighted by Gasteiger charge is 2.40. The normalized spacial score (nSPS) is 17.7. The molecule has 0 amide bonds. The van der Waals surface area contributed by atoms with E-state index < -0.39 is 11.7 Å². The molecule has 0 heterocycles. The van der Waals surface area contributed by atoms with Crippen molar-refractivity contribution in [2.45, 2.75) is 64.1 Å². The molecule has 0 aliphatic heterocycles. The van der Waals surface area contributed by atoms with Crippen LogP contribution in [0.1, 0.15) is 73.1 Å². The Kier molecular flexibility index (Phi) is 5.07. The number of carbonyl (C=O) groups excluding carboxylic acids is 1. The van der Waals surface area contributed by atoms with Crippen LogP contribution in [0, 0.1) is 0 Å². The fourth-order valence-corrected chi connectivity index (χ4v) is 3.91. The molecule has 0 saturated heterocycles. The van der Waals surface area contributed by atoms with E-state index in [1.165, 1.54) is 12.1 Å². The molecule has 150 valence electrons. The van der Waals surface area contributed by atoms with Gasteiger partial charge >= 0.3 is 6.18 Å². The number of carbonyl (C=O) groups is 1. The first kappa shape index (κ1) is 20.4. The number of halogens is 3. The van der Waals surface area contributed by atoms with E-state index in [1.807, 2.05) is 6.07 Å². The maximum Gasteiger partial charge on any atom is 0.416 e. The highest BCUT2D eigenvalue weighted by Crippen LogP contribution is 2.50. The predicted octanol–water partition coefficient (Wildman–Crippen LogP) is 6.45. The van der Waals surface area contributed by atoms with E-state index in [0.29, 0.717) is 16.9 Å². The van der Waals surface area contributed by atoms with Crippen molar-refractivity contribution in [2.75, 3.05) is 0 Å². The summed E-state index contributed by atoms with van der Waals surface area (Å²) in [7, 11) is 0. The zero-order valence-corrected chi connectivity index (χ0v) is 16.6. The average molecular weight is 390 g/mol. The van der Waals surface area contributed by atoms with Gasteiger partial charge in [-0.25, -0.2) is 0 Å². The fourth-order valence-electron chi connectivity index (χ4n) is 3.91. The Hall–Kier alpha value is -2.30. The molecule has 5 heteroatoms. The molecule has 2 nitrogen and oxygen atoms in total. The summed E-state index contributed by atoms with van der Waals surface area (Å²) in [5, 5.41) is 0. The standard InChI is InChI=1S/C23H25F3O2/c1-21(2)11-12-22(3,4)19-18(21)10-7-16(13-27)20(19)28-14-15-5-8-17(9-6-15)23(24,25)26/h5-10,13H,11-12,14H2,1-4H3. The summed E-state index contributed by atoms with van der Waals surface area (Å²) >= 11 is 0. The van der Waals surface area contributed by atoms with Crippen molar-refractivity contribution in [2.24, 2.45) is 0 Å².